The van der Waals surface area contributed by atoms with Crippen LogP contribution in [-0.2, 0) is 20.9 Å². The molecule has 0 radical (unpaired) electrons. The second-order valence-corrected chi connectivity index (χ2v) is 8.97. The molecule has 8 heteroatoms. The second kappa shape index (κ2) is 7.85. The number of ether oxygens (including phenoxy) is 1. The molecule has 5 rings (SSSR count). The van der Waals surface area contributed by atoms with Crippen LogP contribution in [0.5, 0.6) is 0 Å². The lowest BCUT2D eigenvalue weighted by molar-refractivity contribution is -0.154. The van der Waals surface area contributed by atoms with E-state index in [1.54, 1.807) is 33.7 Å². The third kappa shape index (κ3) is 3.24. The molecular weight excluding hydrogens is 415 g/mol. The van der Waals surface area contributed by atoms with E-state index in [2.05, 4.69) is 0 Å². The van der Waals surface area contributed by atoms with Crippen molar-refractivity contribution in [1.29, 1.82) is 0 Å². The Balaban J connectivity index is 1.59. The van der Waals surface area contributed by atoms with Gasteiger partial charge in [-0.15, -0.1) is 0 Å². The summed E-state index contributed by atoms with van der Waals surface area (Å²) in [6.45, 7) is -0.0262. The lowest BCUT2D eigenvalue weighted by Gasteiger charge is -2.30. The smallest absolute Gasteiger partial charge is 0.328 e. The van der Waals surface area contributed by atoms with Crippen LogP contribution in [0.15, 0.2) is 41.2 Å². The summed E-state index contributed by atoms with van der Waals surface area (Å²) in [6.07, 6.45) is 2.33. The van der Waals surface area contributed by atoms with Gasteiger partial charge in [-0.2, -0.15) is 0 Å². The van der Waals surface area contributed by atoms with E-state index in [9.17, 15) is 23.9 Å². The minimum absolute atomic E-state index is 0.149. The quantitative estimate of drug-likeness (QED) is 0.720. The molecule has 0 bridgehead atoms. The van der Waals surface area contributed by atoms with Crippen LogP contribution < -0.4 is 5.56 Å². The van der Waals surface area contributed by atoms with E-state index in [0.29, 0.717) is 29.2 Å². The van der Waals surface area contributed by atoms with Gasteiger partial charge < -0.3 is 19.3 Å². The molecule has 3 aliphatic rings. The Labute approximate surface area is 184 Å². The van der Waals surface area contributed by atoms with Crippen LogP contribution in [0.3, 0.4) is 0 Å². The van der Waals surface area contributed by atoms with Crippen LogP contribution in [0, 0.1) is 23.6 Å². The van der Waals surface area contributed by atoms with Crippen molar-refractivity contribution < 1.29 is 23.8 Å². The van der Waals surface area contributed by atoms with Crippen LogP contribution >= 0.6 is 0 Å². The molecule has 1 aromatic carbocycles. The van der Waals surface area contributed by atoms with Gasteiger partial charge in [0.1, 0.15) is 11.9 Å². The van der Waals surface area contributed by atoms with Crippen LogP contribution in [-0.4, -0.2) is 46.2 Å². The standard InChI is InChI=1S/C24H25FN2O5/c1-32-24(31)22-18(12-28)17-11-26-19(21(17)27(22)20(29)9-13-5-6-13)8-7-16(23(26)30)14-3-2-4-15(25)10-14/h2-4,7-8,10,13,17-18,21-22,28H,5-6,9,11-12H2,1H3/t17-,18-,21+,22-/m1/s1. The zero-order valence-electron chi connectivity index (χ0n) is 17.7. The normalized spacial score (nSPS) is 26.0. The number of carbonyl (C=O) groups excluding carboxylic acids is 2. The van der Waals surface area contributed by atoms with E-state index in [1.807, 2.05) is 0 Å². The van der Waals surface area contributed by atoms with E-state index in [4.69, 9.17) is 4.74 Å². The lowest BCUT2D eigenvalue weighted by Crippen LogP contribution is -2.46. The summed E-state index contributed by atoms with van der Waals surface area (Å²) in [5.41, 5.74) is 1.21. The lowest BCUT2D eigenvalue weighted by atomic mass is 9.88. The minimum atomic E-state index is -0.877. The number of carbonyl (C=O) groups is 2. The molecular formula is C24H25FN2O5. The van der Waals surface area contributed by atoms with Gasteiger partial charge in [0.25, 0.3) is 5.56 Å². The van der Waals surface area contributed by atoms with Crippen molar-refractivity contribution in [2.24, 2.45) is 17.8 Å². The van der Waals surface area contributed by atoms with Crippen LogP contribution in [0.4, 0.5) is 4.39 Å². The van der Waals surface area contributed by atoms with Gasteiger partial charge in [-0.25, -0.2) is 9.18 Å². The average Bonchev–Trinajstić information content (AvgIpc) is 3.42. The molecule has 1 saturated heterocycles. The van der Waals surface area contributed by atoms with Crippen molar-refractivity contribution in [2.45, 2.75) is 37.9 Å². The van der Waals surface area contributed by atoms with E-state index >= 15 is 0 Å². The van der Waals surface area contributed by atoms with Crippen molar-refractivity contribution in [2.75, 3.05) is 13.7 Å². The maximum absolute atomic E-state index is 13.7. The number of hydrogen-bond acceptors (Lipinski definition) is 5. The number of halogens is 1. The number of rotatable bonds is 5. The Morgan fingerprint density at radius 3 is 2.66 bits per heavy atom. The Morgan fingerprint density at radius 2 is 2.00 bits per heavy atom. The van der Waals surface area contributed by atoms with Gasteiger partial charge >= 0.3 is 5.97 Å². The van der Waals surface area contributed by atoms with Gasteiger partial charge in [0.15, 0.2) is 0 Å². The SMILES string of the molecule is COC(=O)[C@H]1[C@H](CO)[C@H]2Cn3c(ccc(-c4cccc(F)c4)c3=O)[C@H]2N1C(=O)CC1CC1. The summed E-state index contributed by atoms with van der Waals surface area (Å²) >= 11 is 0. The number of esters is 1. The fourth-order valence-electron chi connectivity index (χ4n) is 5.41. The molecule has 1 saturated carbocycles. The first kappa shape index (κ1) is 20.9. The predicted octanol–water partition coefficient (Wildman–Crippen LogP) is 2.12. The molecule has 7 nitrogen and oxygen atoms in total. The summed E-state index contributed by atoms with van der Waals surface area (Å²) in [7, 11) is 1.28. The van der Waals surface area contributed by atoms with Crippen LogP contribution in [0.1, 0.15) is 31.0 Å². The number of fused-ring (bicyclic) bond motifs is 3. The first-order chi connectivity index (χ1) is 15.4. The van der Waals surface area contributed by atoms with Gasteiger partial charge in [-0.05, 0) is 48.6 Å². The molecule has 1 aromatic heterocycles. The highest BCUT2D eigenvalue weighted by atomic mass is 19.1. The maximum atomic E-state index is 13.7. The number of hydrogen-bond donors (Lipinski definition) is 1. The molecule has 2 fully saturated rings. The topological polar surface area (TPSA) is 88.8 Å². The Bertz CT molecular complexity index is 1140. The summed E-state index contributed by atoms with van der Waals surface area (Å²) in [6, 6.07) is 7.92. The van der Waals surface area contributed by atoms with E-state index in [-0.39, 0.29) is 30.5 Å². The molecule has 1 aliphatic carbocycles. The fraction of sp³-hybridized carbons (Fsp3) is 0.458. The number of aliphatic hydroxyl groups excluding tert-OH is 1. The summed E-state index contributed by atoms with van der Waals surface area (Å²) in [4.78, 5) is 40.8. The Hall–Kier alpha value is -3.00. The first-order valence-electron chi connectivity index (χ1n) is 10.9. The largest absolute Gasteiger partial charge is 0.467 e. The van der Waals surface area contributed by atoms with E-state index in [1.165, 1.54) is 19.2 Å². The van der Waals surface area contributed by atoms with Crippen molar-refractivity contribution in [3.8, 4) is 11.1 Å². The fourth-order valence-corrected chi connectivity index (χ4v) is 5.41. The highest BCUT2D eigenvalue weighted by molar-refractivity contribution is 5.86. The van der Waals surface area contributed by atoms with Crippen molar-refractivity contribution >= 4 is 11.9 Å². The minimum Gasteiger partial charge on any atom is -0.467 e. The predicted molar refractivity (Wildman–Crippen MR) is 113 cm³/mol. The van der Waals surface area contributed by atoms with Crippen molar-refractivity contribution in [1.82, 2.24) is 9.47 Å². The molecule has 32 heavy (non-hydrogen) atoms. The number of nitrogens with zero attached hydrogens (tertiary/aromatic N) is 2. The molecule has 1 amide bonds. The number of pyridine rings is 1. The summed E-state index contributed by atoms with van der Waals surface area (Å²) in [5, 5.41) is 10.2. The number of likely N-dealkylation sites (tertiary alicyclic amines) is 1. The third-order valence-electron chi connectivity index (χ3n) is 7.10. The summed E-state index contributed by atoms with van der Waals surface area (Å²) in [5.74, 6) is -1.62. The molecule has 168 valence electrons. The molecule has 3 heterocycles. The molecule has 1 N–H and O–H groups in total. The van der Waals surface area contributed by atoms with Crippen LogP contribution in [0.2, 0.25) is 0 Å². The van der Waals surface area contributed by atoms with Crippen molar-refractivity contribution in [3.63, 3.8) is 0 Å². The average molecular weight is 440 g/mol. The zero-order chi connectivity index (χ0) is 22.6. The van der Waals surface area contributed by atoms with Gasteiger partial charge in [-0.3, -0.25) is 9.59 Å². The van der Waals surface area contributed by atoms with Crippen LogP contribution in [0.25, 0.3) is 11.1 Å². The molecule has 2 aromatic rings. The summed E-state index contributed by atoms with van der Waals surface area (Å²) < 4.78 is 20.3. The number of aliphatic hydroxyl groups is 1. The van der Waals surface area contributed by atoms with E-state index < -0.39 is 29.8 Å². The Morgan fingerprint density at radius 1 is 1.22 bits per heavy atom. The molecule has 0 unspecified atom stereocenters. The molecule has 0 spiro atoms. The van der Waals surface area contributed by atoms with Gasteiger partial charge in [0, 0.05) is 42.7 Å². The van der Waals surface area contributed by atoms with Gasteiger partial charge in [0.05, 0.1) is 13.2 Å². The number of amides is 1. The van der Waals surface area contributed by atoms with E-state index in [0.717, 1.165) is 12.8 Å². The highest BCUT2D eigenvalue weighted by Crippen LogP contribution is 2.50. The van der Waals surface area contributed by atoms with Gasteiger partial charge in [-0.1, -0.05) is 12.1 Å². The number of methoxy groups -OCH3 is 1. The second-order valence-electron chi connectivity index (χ2n) is 8.97. The molecule has 2 aliphatic heterocycles. The third-order valence-corrected chi connectivity index (χ3v) is 7.10. The Kier molecular flexibility index (Phi) is 5.12. The zero-order valence-corrected chi connectivity index (χ0v) is 17.7. The van der Waals surface area contributed by atoms with Crippen molar-refractivity contribution in [3.05, 3.63) is 58.3 Å². The number of aromatic nitrogens is 1. The van der Waals surface area contributed by atoms with Gasteiger partial charge in [0.2, 0.25) is 5.91 Å². The first-order valence-corrected chi connectivity index (χ1v) is 10.9. The monoisotopic (exact) mass is 440 g/mol. The highest BCUT2D eigenvalue weighted by Gasteiger charge is 2.58. The molecule has 4 atom stereocenters. The number of benzene rings is 1. The maximum Gasteiger partial charge on any atom is 0.328 e.